The molecule has 4 N–H and O–H groups in total. The Kier molecular flexibility index (Phi) is 51.0. The van der Waals surface area contributed by atoms with E-state index in [0.717, 1.165) is 38.5 Å². The topological polar surface area (TPSA) is 89.8 Å². The van der Waals surface area contributed by atoms with Gasteiger partial charge in [0.1, 0.15) is 6.10 Å². The van der Waals surface area contributed by atoms with E-state index in [1.165, 1.54) is 238 Å². The molecule has 0 aromatic heterocycles. The van der Waals surface area contributed by atoms with E-state index in [9.17, 15) is 20.1 Å². The van der Waals surface area contributed by atoms with Gasteiger partial charge in [-0.3, -0.25) is 4.79 Å². The van der Waals surface area contributed by atoms with Crippen molar-refractivity contribution < 1.29 is 20.1 Å². The summed E-state index contributed by atoms with van der Waals surface area (Å²) in [6.07, 6.45) is 67.9. The maximum Gasteiger partial charge on any atom is 0.249 e. The van der Waals surface area contributed by atoms with Crippen LogP contribution in [0.25, 0.3) is 0 Å². The summed E-state index contributed by atoms with van der Waals surface area (Å²) < 4.78 is 0. The third kappa shape index (κ3) is 46.6. The average molecular weight is 873 g/mol. The molecule has 1 amide bonds. The first kappa shape index (κ1) is 60.6. The van der Waals surface area contributed by atoms with Crippen LogP contribution in [0.2, 0.25) is 0 Å². The van der Waals surface area contributed by atoms with E-state index in [2.05, 4.69) is 43.5 Å². The Hall–Kier alpha value is -1.43. The van der Waals surface area contributed by atoms with Gasteiger partial charge in [-0.25, -0.2) is 0 Å². The molecule has 0 aliphatic rings. The molecule has 0 aromatic rings. The zero-order valence-corrected chi connectivity index (χ0v) is 41.8. The summed E-state index contributed by atoms with van der Waals surface area (Å²) in [6, 6.07) is -0.816. The van der Waals surface area contributed by atoms with Crippen LogP contribution >= 0.6 is 0 Å². The molecule has 0 heterocycles. The number of nitrogens with one attached hydrogen (secondary N) is 1. The molecule has 0 saturated heterocycles. The standard InChI is InChI=1S/C57H109NO4/c1-3-5-7-9-11-13-15-17-19-21-23-25-27-28-29-30-32-34-36-38-40-42-44-46-48-50-52-56(61)57(62)58-54(53-59)55(60)51-49-47-45-43-41-39-37-35-33-31-26-24-22-20-18-16-14-12-10-8-6-4-2/h28-29,41,43,49,51,54-56,59-61H,3-27,30-40,42,44-48,50,52-53H2,1-2H3,(H,58,62)/b29-28-,43-41+,51-49+. The number of hydrogen-bond acceptors (Lipinski definition) is 4. The van der Waals surface area contributed by atoms with Crippen LogP contribution in [-0.4, -0.2) is 46.1 Å². The van der Waals surface area contributed by atoms with Gasteiger partial charge in [-0.2, -0.15) is 0 Å². The second kappa shape index (κ2) is 52.2. The highest BCUT2D eigenvalue weighted by molar-refractivity contribution is 5.80. The summed E-state index contributed by atoms with van der Waals surface area (Å²) in [5.74, 6) is -0.511. The third-order valence-electron chi connectivity index (χ3n) is 13.0. The van der Waals surface area contributed by atoms with Crippen LogP contribution in [0.5, 0.6) is 0 Å². The Morgan fingerprint density at radius 1 is 0.387 bits per heavy atom. The molecule has 0 radical (unpaired) electrons. The molecular weight excluding hydrogens is 763 g/mol. The van der Waals surface area contributed by atoms with Gasteiger partial charge in [-0.15, -0.1) is 0 Å². The lowest BCUT2D eigenvalue weighted by Crippen LogP contribution is -2.48. The van der Waals surface area contributed by atoms with Gasteiger partial charge in [-0.05, 0) is 57.8 Å². The number of carbonyl (C=O) groups is 1. The summed E-state index contributed by atoms with van der Waals surface area (Å²) in [6.45, 7) is 4.20. The summed E-state index contributed by atoms with van der Waals surface area (Å²) in [7, 11) is 0. The number of allylic oxidation sites excluding steroid dienone is 5. The van der Waals surface area contributed by atoms with E-state index in [1.807, 2.05) is 6.08 Å². The Morgan fingerprint density at radius 3 is 0.984 bits per heavy atom. The monoisotopic (exact) mass is 872 g/mol. The quantitative estimate of drug-likeness (QED) is 0.0362. The van der Waals surface area contributed by atoms with Crippen molar-refractivity contribution in [3.05, 3.63) is 36.5 Å². The van der Waals surface area contributed by atoms with Crippen LogP contribution in [0, 0.1) is 0 Å². The number of carbonyl (C=O) groups excluding carboxylic acids is 1. The fraction of sp³-hybridized carbons (Fsp3) is 0.877. The van der Waals surface area contributed by atoms with Crippen molar-refractivity contribution in [3.63, 3.8) is 0 Å². The van der Waals surface area contributed by atoms with Gasteiger partial charge in [-0.1, -0.05) is 275 Å². The smallest absolute Gasteiger partial charge is 0.249 e. The third-order valence-corrected chi connectivity index (χ3v) is 13.0. The molecule has 0 spiro atoms. The minimum atomic E-state index is -1.11. The molecule has 0 bridgehead atoms. The summed E-state index contributed by atoms with van der Waals surface area (Å²) in [5, 5.41) is 33.3. The molecule has 3 atom stereocenters. The fourth-order valence-electron chi connectivity index (χ4n) is 8.61. The normalized spacial score (nSPS) is 13.6. The predicted molar refractivity (Wildman–Crippen MR) is 273 cm³/mol. The highest BCUT2D eigenvalue weighted by Gasteiger charge is 2.22. The molecule has 5 nitrogen and oxygen atoms in total. The highest BCUT2D eigenvalue weighted by atomic mass is 16.3. The van der Waals surface area contributed by atoms with Gasteiger partial charge >= 0.3 is 0 Å². The van der Waals surface area contributed by atoms with Crippen molar-refractivity contribution in [2.75, 3.05) is 6.61 Å². The lowest BCUT2D eigenvalue weighted by atomic mass is 10.0. The number of unbranched alkanes of at least 4 members (excludes halogenated alkanes) is 39. The van der Waals surface area contributed by atoms with Crippen LogP contribution < -0.4 is 5.32 Å². The maximum atomic E-state index is 12.5. The molecule has 62 heavy (non-hydrogen) atoms. The first-order valence-corrected chi connectivity index (χ1v) is 27.8. The van der Waals surface area contributed by atoms with Crippen molar-refractivity contribution in [1.29, 1.82) is 0 Å². The number of amides is 1. The van der Waals surface area contributed by atoms with Crippen LogP contribution in [0.3, 0.4) is 0 Å². The fourth-order valence-corrected chi connectivity index (χ4v) is 8.61. The van der Waals surface area contributed by atoms with Crippen LogP contribution in [0.4, 0.5) is 0 Å². The molecule has 0 saturated carbocycles. The Labute approximate surface area is 387 Å². The summed E-state index contributed by atoms with van der Waals surface area (Å²) in [4.78, 5) is 12.5. The molecule has 366 valence electrons. The van der Waals surface area contributed by atoms with Crippen LogP contribution in [-0.2, 0) is 4.79 Å². The van der Waals surface area contributed by atoms with E-state index in [1.54, 1.807) is 6.08 Å². The van der Waals surface area contributed by atoms with Gasteiger partial charge in [0.05, 0.1) is 18.8 Å². The van der Waals surface area contributed by atoms with Gasteiger partial charge in [0, 0.05) is 0 Å². The zero-order valence-electron chi connectivity index (χ0n) is 41.8. The predicted octanol–water partition coefficient (Wildman–Crippen LogP) is 17.1. The summed E-state index contributed by atoms with van der Waals surface area (Å²) >= 11 is 0. The first-order valence-electron chi connectivity index (χ1n) is 27.8. The summed E-state index contributed by atoms with van der Waals surface area (Å²) in [5.41, 5.74) is 0. The lowest BCUT2D eigenvalue weighted by molar-refractivity contribution is -0.131. The molecule has 3 unspecified atom stereocenters. The van der Waals surface area contributed by atoms with Crippen molar-refractivity contribution >= 4 is 5.91 Å². The van der Waals surface area contributed by atoms with Crippen molar-refractivity contribution in [1.82, 2.24) is 5.32 Å². The minimum Gasteiger partial charge on any atom is -0.394 e. The van der Waals surface area contributed by atoms with Gasteiger partial charge < -0.3 is 20.6 Å². The van der Waals surface area contributed by atoms with E-state index in [-0.39, 0.29) is 6.61 Å². The molecular formula is C57H109NO4. The highest BCUT2D eigenvalue weighted by Crippen LogP contribution is 2.17. The molecule has 5 heteroatoms. The zero-order chi connectivity index (χ0) is 45.1. The van der Waals surface area contributed by atoms with Crippen LogP contribution in [0.1, 0.15) is 296 Å². The van der Waals surface area contributed by atoms with E-state index < -0.39 is 24.2 Å². The molecule has 0 fully saturated rings. The number of rotatable bonds is 51. The average Bonchev–Trinajstić information content (AvgIpc) is 3.28. The number of hydrogen-bond donors (Lipinski definition) is 4. The Balaban J connectivity index is 3.61. The van der Waals surface area contributed by atoms with Crippen molar-refractivity contribution in [3.8, 4) is 0 Å². The molecule has 0 aromatic carbocycles. The SMILES string of the molecule is CCCCCCCCCCCCCC/C=C\CCCCCCCCCCCCC(O)C(=O)NC(CO)C(O)/C=C/CC/C=C/CCCCCCCCCCCCCCCCCC. The second-order valence-electron chi connectivity index (χ2n) is 19.1. The molecule has 0 aliphatic carbocycles. The van der Waals surface area contributed by atoms with Gasteiger partial charge in [0.2, 0.25) is 5.91 Å². The van der Waals surface area contributed by atoms with Gasteiger partial charge in [0.25, 0.3) is 0 Å². The second-order valence-corrected chi connectivity index (χ2v) is 19.1. The van der Waals surface area contributed by atoms with Crippen molar-refractivity contribution in [2.24, 2.45) is 0 Å². The van der Waals surface area contributed by atoms with Crippen LogP contribution in [0.15, 0.2) is 36.5 Å². The largest absolute Gasteiger partial charge is 0.394 e. The van der Waals surface area contributed by atoms with Crippen molar-refractivity contribution in [2.45, 2.75) is 315 Å². The molecule has 0 rings (SSSR count). The number of aliphatic hydroxyl groups excluding tert-OH is 3. The lowest BCUT2D eigenvalue weighted by Gasteiger charge is -2.21. The Morgan fingerprint density at radius 2 is 0.661 bits per heavy atom. The Bertz CT molecular complexity index is 962. The maximum absolute atomic E-state index is 12.5. The minimum absolute atomic E-state index is 0.375. The van der Waals surface area contributed by atoms with Gasteiger partial charge in [0.15, 0.2) is 0 Å². The first-order chi connectivity index (χ1) is 30.6. The number of aliphatic hydroxyl groups is 3. The molecule has 0 aliphatic heterocycles. The van der Waals surface area contributed by atoms with E-state index in [4.69, 9.17) is 0 Å². The van der Waals surface area contributed by atoms with E-state index in [0.29, 0.717) is 6.42 Å². The van der Waals surface area contributed by atoms with E-state index >= 15 is 0 Å².